The van der Waals surface area contributed by atoms with Crippen LogP contribution in [0.1, 0.15) is 42.9 Å². The molecule has 3 nitrogen and oxygen atoms in total. The molecule has 0 unspecified atom stereocenters. The first-order chi connectivity index (χ1) is 12.7. The van der Waals surface area contributed by atoms with Crippen molar-refractivity contribution in [2.75, 3.05) is 6.61 Å². The molecule has 0 radical (unpaired) electrons. The summed E-state index contributed by atoms with van der Waals surface area (Å²) < 4.78 is 19.0. The lowest BCUT2D eigenvalue weighted by Crippen LogP contribution is -1.96. The minimum Gasteiger partial charge on any atom is -0.486 e. The predicted octanol–water partition coefficient (Wildman–Crippen LogP) is 5.58. The molecule has 0 spiro atoms. The summed E-state index contributed by atoms with van der Waals surface area (Å²) in [5.41, 5.74) is 2.95. The second-order valence-electron chi connectivity index (χ2n) is 5.98. The summed E-state index contributed by atoms with van der Waals surface area (Å²) in [4.78, 5) is 0. The van der Waals surface area contributed by atoms with Crippen LogP contribution in [0, 0.1) is 5.82 Å². The molecule has 0 heterocycles. The molecule has 0 saturated carbocycles. The first kappa shape index (κ1) is 19.6. The van der Waals surface area contributed by atoms with Gasteiger partial charge in [-0.15, -0.1) is 0 Å². The van der Waals surface area contributed by atoms with Crippen molar-refractivity contribution in [1.29, 1.82) is 0 Å². The van der Waals surface area contributed by atoms with Crippen LogP contribution in [0.4, 0.5) is 4.39 Å². The molecule has 136 valence electrons. The van der Waals surface area contributed by atoms with Gasteiger partial charge in [0.05, 0.1) is 12.4 Å². The first-order valence-corrected chi connectivity index (χ1v) is 8.91. The van der Waals surface area contributed by atoms with Crippen LogP contribution in [0.3, 0.4) is 0 Å². The van der Waals surface area contributed by atoms with Crippen LogP contribution in [0.15, 0.2) is 65.3 Å². The Labute approximate surface area is 154 Å². The third kappa shape index (κ3) is 6.63. The lowest BCUT2D eigenvalue weighted by atomic mass is 10.1. The summed E-state index contributed by atoms with van der Waals surface area (Å²) in [6.45, 7) is 6.01. The number of ether oxygens (including phenoxy) is 1. The van der Waals surface area contributed by atoms with Gasteiger partial charge in [0.2, 0.25) is 0 Å². The summed E-state index contributed by atoms with van der Waals surface area (Å²) in [6.07, 6.45) is 9.60. The fourth-order valence-electron chi connectivity index (χ4n) is 2.41. The van der Waals surface area contributed by atoms with E-state index in [1.54, 1.807) is 24.4 Å². The highest BCUT2D eigenvalue weighted by molar-refractivity contribution is 5.82. The number of benzene rings is 2. The van der Waals surface area contributed by atoms with Crippen LogP contribution >= 0.6 is 0 Å². The second-order valence-corrected chi connectivity index (χ2v) is 5.98. The lowest BCUT2D eigenvalue weighted by molar-refractivity contribution is 0.342. The lowest BCUT2D eigenvalue weighted by Gasteiger charge is -2.04. The normalized spacial score (nSPS) is 11.3. The highest BCUT2D eigenvalue weighted by Gasteiger charge is 2.02. The van der Waals surface area contributed by atoms with Gasteiger partial charge >= 0.3 is 0 Å². The van der Waals surface area contributed by atoms with E-state index in [-0.39, 0.29) is 12.4 Å². The van der Waals surface area contributed by atoms with Gasteiger partial charge in [-0.25, -0.2) is 4.39 Å². The van der Waals surface area contributed by atoms with Crippen molar-refractivity contribution in [2.24, 2.45) is 10.2 Å². The quantitative estimate of drug-likeness (QED) is 0.238. The molecule has 0 aliphatic rings. The number of aryl methyl sites for hydroxylation is 1. The molecule has 0 fully saturated rings. The molecule has 0 aromatic heterocycles. The van der Waals surface area contributed by atoms with E-state index in [0.29, 0.717) is 5.56 Å². The zero-order chi connectivity index (χ0) is 18.6. The Kier molecular flexibility index (Phi) is 8.27. The van der Waals surface area contributed by atoms with Crippen molar-refractivity contribution in [2.45, 2.75) is 32.6 Å². The number of unbranched alkanes of at least 4 members (excludes halogenated alkanes) is 2. The SMILES string of the molecule is C=CCOc1ccc(/C=N\N=C\c2ccc(CCCCC)cc2)cc1F. The highest BCUT2D eigenvalue weighted by Crippen LogP contribution is 2.17. The van der Waals surface area contributed by atoms with E-state index in [4.69, 9.17) is 4.74 Å². The molecule has 4 heteroatoms. The van der Waals surface area contributed by atoms with Crippen molar-refractivity contribution in [3.63, 3.8) is 0 Å². The Hall–Kier alpha value is -2.75. The van der Waals surface area contributed by atoms with Crippen molar-refractivity contribution in [3.05, 3.63) is 77.6 Å². The Morgan fingerprint density at radius 1 is 1.00 bits per heavy atom. The molecule has 2 aromatic rings. The molecule has 0 N–H and O–H groups in total. The highest BCUT2D eigenvalue weighted by atomic mass is 19.1. The second kappa shape index (κ2) is 11.0. The maximum Gasteiger partial charge on any atom is 0.165 e. The fraction of sp³-hybridized carbons (Fsp3) is 0.273. The van der Waals surface area contributed by atoms with E-state index in [2.05, 4.69) is 35.8 Å². The maximum absolute atomic E-state index is 13.8. The third-order valence-electron chi connectivity index (χ3n) is 3.84. The van der Waals surface area contributed by atoms with Gasteiger partial charge in [0.1, 0.15) is 6.61 Å². The van der Waals surface area contributed by atoms with Crippen molar-refractivity contribution < 1.29 is 9.13 Å². The average molecular weight is 352 g/mol. The van der Waals surface area contributed by atoms with Crippen LogP contribution in [-0.2, 0) is 6.42 Å². The minimum atomic E-state index is -0.432. The van der Waals surface area contributed by atoms with Crippen LogP contribution in [0.2, 0.25) is 0 Å². The molecule has 0 atom stereocenters. The molecule has 0 bridgehead atoms. The molecule has 2 aromatic carbocycles. The van der Waals surface area contributed by atoms with E-state index in [1.165, 1.54) is 37.1 Å². The van der Waals surface area contributed by atoms with Crippen LogP contribution < -0.4 is 4.74 Å². The van der Waals surface area contributed by atoms with Gasteiger partial charge in [0, 0.05) is 0 Å². The number of halogens is 1. The molecule has 26 heavy (non-hydrogen) atoms. The van der Waals surface area contributed by atoms with Gasteiger partial charge in [0.25, 0.3) is 0 Å². The molecular weight excluding hydrogens is 327 g/mol. The van der Waals surface area contributed by atoms with Crippen molar-refractivity contribution in [1.82, 2.24) is 0 Å². The van der Waals surface area contributed by atoms with E-state index >= 15 is 0 Å². The van der Waals surface area contributed by atoms with Crippen molar-refractivity contribution in [3.8, 4) is 5.75 Å². The number of rotatable bonds is 10. The number of hydrogen-bond acceptors (Lipinski definition) is 3. The summed E-state index contributed by atoms with van der Waals surface area (Å²) >= 11 is 0. The Morgan fingerprint density at radius 2 is 1.69 bits per heavy atom. The number of hydrogen-bond donors (Lipinski definition) is 0. The molecule has 0 amide bonds. The molecule has 2 rings (SSSR count). The van der Waals surface area contributed by atoms with E-state index in [1.807, 2.05) is 12.1 Å². The largest absolute Gasteiger partial charge is 0.486 e. The maximum atomic E-state index is 13.8. The average Bonchev–Trinajstić information content (AvgIpc) is 2.66. The molecule has 0 aliphatic heterocycles. The zero-order valence-corrected chi connectivity index (χ0v) is 15.2. The fourth-order valence-corrected chi connectivity index (χ4v) is 2.41. The topological polar surface area (TPSA) is 34.0 Å². The van der Waals surface area contributed by atoms with Gasteiger partial charge in [-0.3, -0.25) is 0 Å². The van der Waals surface area contributed by atoms with Crippen LogP contribution in [-0.4, -0.2) is 19.0 Å². The summed E-state index contributed by atoms with van der Waals surface area (Å²) in [6, 6.07) is 13.0. The van der Waals surface area contributed by atoms with E-state index < -0.39 is 5.82 Å². The van der Waals surface area contributed by atoms with Crippen molar-refractivity contribution >= 4 is 12.4 Å². The van der Waals surface area contributed by atoms with E-state index in [0.717, 1.165) is 12.0 Å². The number of nitrogens with zero attached hydrogens (tertiary/aromatic N) is 2. The smallest absolute Gasteiger partial charge is 0.165 e. The third-order valence-corrected chi connectivity index (χ3v) is 3.84. The molecular formula is C22H25FN2O. The van der Waals surface area contributed by atoms with E-state index in [9.17, 15) is 4.39 Å². The Morgan fingerprint density at radius 3 is 2.35 bits per heavy atom. The standard InChI is InChI=1S/C22H25FN2O/c1-3-5-6-7-18-8-10-19(11-9-18)16-24-25-17-20-12-13-22(21(23)15-20)26-14-4-2/h4,8-13,15-17H,2-3,5-7,14H2,1H3/b24-16+,25-17-. The molecule has 0 saturated heterocycles. The van der Waals surface area contributed by atoms with Gasteiger partial charge in [-0.2, -0.15) is 10.2 Å². The first-order valence-electron chi connectivity index (χ1n) is 8.91. The van der Waals surface area contributed by atoms with Gasteiger partial charge in [0.15, 0.2) is 11.6 Å². The minimum absolute atomic E-state index is 0.199. The molecule has 0 aliphatic carbocycles. The Balaban J connectivity index is 1.89. The summed E-state index contributed by atoms with van der Waals surface area (Å²) in [7, 11) is 0. The Bertz CT molecular complexity index is 751. The van der Waals surface area contributed by atoms with Gasteiger partial charge in [-0.1, -0.05) is 56.7 Å². The van der Waals surface area contributed by atoms with Crippen LogP contribution in [0.5, 0.6) is 5.75 Å². The predicted molar refractivity (Wildman–Crippen MR) is 107 cm³/mol. The van der Waals surface area contributed by atoms with Gasteiger partial charge in [-0.05, 0) is 47.7 Å². The zero-order valence-electron chi connectivity index (χ0n) is 15.2. The van der Waals surface area contributed by atoms with Crippen LogP contribution in [0.25, 0.3) is 0 Å². The van der Waals surface area contributed by atoms with Gasteiger partial charge < -0.3 is 4.74 Å². The summed E-state index contributed by atoms with van der Waals surface area (Å²) in [5, 5.41) is 7.99. The summed E-state index contributed by atoms with van der Waals surface area (Å²) in [5.74, 6) is -0.233. The monoisotopic (exact) mass is 352 g/mol.